The minimum absolute atomic E-state index is 0.107. The van der Waals surface area contributed by atoms with Crippen molar-refractivity contribution in [2.45, 2.75) is 13.3 Å². The van der Waals surface area contributed by atoms with Crippen LogP contribution in [0.5, 0.6) is 0 Å². The normalized spacial score (nSPS) is 14.1. The lowest BCUT2D eigenvalue weighted by atomic mass is 9.97. The summed E-state index contributed by atoms with van der Waals surface area (Å²) in [4.78, 5) is 18.7. The van der Waals surface area contributed by atoms with Crippen LogP contribution >= 0.6 is 0 Å². The molecule has 1 aliphatic heterocycles. The minimum Gasteiger partial charge on any atom is -0.338 e. The Morgan fingerprint density at radius 3 is 2.53 bits per heavy atom. The summed E-state index contributed by atoms with van der Waals surface area (Å²) in [5.74, 6) is 0.107. The number of carbonyl (C=O) groups excluding carboxylic acids is 1. The van der Waals surface area contributed by atoms with Crippen molar-refractivity contribution in [3.05, 3.63) is 53.9 Å². The highest BCUT2D eigenvalue weighted by Crippen LogP contribution is 2.27. The Hall–Kier alpha value is -2.16. The van der Waals surface area contributed by atoms with Gasteiger partial charge in [0.05, 0.1) is 11.3 Å². The fourth-order valence-corrected chi connectivity index (χ4v) is 2.37. The van der Waals surface area contributed by atoms with Crippen LogP contribution < -0.4 is 0 Å². The van der Waals surface area contributed by atoms with E-state index in [-0.39, 0.29) is 5.91 Å². The molecular formula is C16H16N2O. The fraction of sp³-hybridized carbons (Fsp3) is 0.250. The topological polar surface area (TPSA) is 33.2 Å². The number of aryl methyl sites for hydroxylation is 1. The third kappa shape index (κ3) is 2.12. The van der Waals surface area contributed by atoms with E-state index in [1.165, 1.54) is 0 Å². The first-order chi connectivity index (χ1) is 9.27. The number of pyridine rings is 1. The molecule has 3 nitrogen and oxygen atoms in total. The van der Waals surface area contributed by atoms with E-state index in [0.29, 0.717) is 0 Å². The average Bonchev–Trinajstić information content (AvgIpc) is 2.37. The zero-order valence-corrected chi connectivity index (χ0v) is 11.0. The highest BCUT2D eigenvalue weighted by Gasteiger charge is 2.25. The molecule has 0 spiro atoms. The zero-order chi connectivity index (χ0) is 13.2. The molecule has 2 aromatic rings. The van der Waals surface area contributed by atoms with Gasteiger partial charge in [0.1, 0.15) is 0 Å². The first kappa shape index (κ1) is 11.9. The minimum atomic E-state index is 0.107. The third-order valence-electron chi connectivity index (χ3n) is 3.58. The molecule has 0 atom stereocenters. The van der Waals surface area contributed by atoms with Gasteiger partial charge in [-0.1, -0.05) is 30.3 Å². The standard InChI is InChI=1S/C16H16N2O/c1-12-15(16(19)18-10-5-11-18)14(8-9-17-12)13-6-3-2-4-7-13/h2-4,6-9H,5,10-11H2,1H3. The van der Waals surface area contributed by atoms with Crippen molar-refractivity contribution in [1.29, 1.82) is 0 Å². The fourth-order valence-electron chi connectivity index (χ4n) is 2.37. The summed E-state index contributed by atoms with van der Waals surface area (Å²) in [6.07, 6.45) is 2.87. The van der Waals surface area contributed by atoms with Gasteiger partial charge < -0.3 is 4.90 Å². The average molecular weight is 252 g/mol. The third-order valence-corrected chi connectivity index (χ3v) is 3.58. The van der Waals surface area contributed by atoms with E-state index in [4.69, 9.17) is 0 Å². The van der Waals surface area contributed by atoms with Crippen LogP contribution in [-0.2, 0) is 0 Å². The number of rotatable bonds is 2. The van der Waals surface area contributed by atoms with Gasteiger partial charge in [-0.15, -0.1) is 0 Å². The lowest BCUT2D eigenvalue weighted by Crippen LogP contribution is -2.42. The first-order valence-corrected chi connectivity index (χ1v) is 6.57. The van der Waals surface area contributed by atoms with E-state index < -0.39 is 0 Å². The molecule has 0 bridgehead atoms. The molecule has 3 heteroatoms. The Balaban J connectivity index is 2.09. The van der Waals surface area contributed by atoms with Crippen molar-refractivity contribution >= 4 is 5.91 Å². The van der Waals surface area contributed by atoms with E-state index in [1.807, 2.05) is 48.2 Å². The van der Waals surface area contributed by atoms with Gasteiger partial charge in [-0.3, -0.25) is 9.78 Å². The Morgan fingerprint density at radius 1 is 1.16 bits per heavy atom. The molecule has 19 heavy (non-hydrogen) atoms. The zero-order valence-electron chi connectivity index (χ0n) is 11.0. The van der Waals surface area contributed by atoms with Crippen LogP contribution in [0.25, 0.3) is 11.1 Å². The molecule has 1 amide bonds. The second-order valence-corrected chi connectivity index (χ2v) is 4.83. The summed E-state index contributed by atoms with van der Waals surface area (Å²) in [6, 6.07) is 11.9. The molecule has 1 aliphatic rings. The second kappa shape index (κ2) is 4.84. The van der Waals surface area contributed by atoms with Crippen molar-refractivity contribution in [1.82, 2.24) is 9.88 Å². The number of aromatic nitrogens is 1. The maximum Gasteiger partial charge on any atom is 0.256 e. The Kier molecular flexibility index (Phi) is 3.03. The van der Waals surface area contributed by atoms with Crippen LogP contribution in [0.15, 0.2) is 42.6 Å². The number of likely N-dealkylation sites (tertiary alicyclic amines) is 1. The quantitative estimate of drug-likeness (QED) is 0.823. The number of nitrogens with zero attached hydrogens (tertiary/aromatic N) is 2. The van der Waals surface area contributed by atoms with Crippen LogP contribution in [0.2, 0.25) is 0 Å². The molecule has 1 saturated heterocycles. The highest BCUT2D eigenvalue weighted by molar-refractivity contribution is 6.02. The molecule has 1 aromatic heterocycles. The van der Waals surface area contributed by atoms with Crippen molar-refractivity contribution in [3.8, 4) is 11.1 Å². The maximum absolute atomic E-state index is 12.5. The van der Waals surface area contributed by atoms with Crippen LogP contribution in [-0.4, -0.2) is 28.9 Å². The summed E-state index contributed by atoms with van der Waals surface area (Å²) in [6.45, 7) is 3.63. The summed E-state index contributed by atoms with van der Waals surface area (Å²) < 4.78 is 0. The Morgan fingerprint density at radius 2 is 1.89 bits per heavy atom. The predicted octanol–water partition coefficient (Wildman–Crippen LogP) is 2.90. The van der Waals surface area contributed by atoms with Gasteiger partial charge >= 0.3 is 0 Å². The van der Waals surface area contributed by atoms with Gasteiger partial charge in [-0.2, -0.15) is 0 Å². The van der Waals surface area contributed by atoms with Gasteiger partial charge in [0.2, 0.25) is 0 Å². The molecule has 0 unspecified atom stereocenters. The number of hydrogen-bond acceptors (Lipinski definition) is 2. The van der Waals surface area contributed by atoms with E-state index in [1.54, 1.807) is 6.20 Å². The SMILES string of the molecule is Cc1nccc(-c2ccccc2)c1C(=O)N1CCC1. The molecule has 0 saturated carbocycles. The molecule has 2 heterocycles. The Labute approximate surface area is 112 Å². The number of amides is 1. The molecule has 0 N–H and O–H groups in total. The van der Waals surface area contributed by atoms with Crippen molar-refractivity contribution in [3.63, 3.8) is 0 Å². The monoisotopic (exact) mass is 252 g/mol. The predicted molar refractivity (Wildman–Crippen MR) is 74.9 cm³/mol. The summed E-state index contributed by atoms with van der Waals surface area (Å²) >= 11 is 0. The van der Waals surface area contributed by atoms with E-state index in [9.17, 15) is 4.79 Å². The molecule has 0 aliphatic carbocycles. The lowest BCUT2D eigenvalue weighted by molar-refractivity contribution is 0.0651. The maximum atomic E-state index is 12.5. The summed E-state index contributed by atoms with van der Waals surface area (Å²) in [5.41, 5.74) is 3.59. The molecule has 1 aromatic carbocycles. The largest absolute Gasteiger partial charge is 0.338 e. The van der Waals surface area contributed by atoms with Crippen LogP contribution in [0.3, 0.4) is 0 Å². The van der Waals surface area contributed by atoms with Gasteiger partial charge in [0.25, 0.3) is 5.91 Å². The highest BCUT2D eigenvalue weighted by atomic mass is 16.2. The second-order valence-electron chi connectivity index (χ2n) is 4.83. The summed E-state index contributed by atoms with van der Waals surface area (Å²) in [5, 5.41) is 0. The molecule has 1 fully saturated rings. The van der Waals surface area contributed by atoms with Crippen LogP contribution in [0.4, 0.5) is 0 Å². The smallest absolute Gasteiger partial charge is 0.256 e. The van der Waals surface area contributed by atoms with E-state index >= 15 is 0 Å². The molecular weight excluding hydrogens is 236 g/mol. The summed E-state index contributed by atoms with van der Waals surface area (Å²) in [7, 11) is 0. The van der Waals surface area contributed by atoms with Gasteiger partial charge in [0, 0.05) is 19.3 Å². The number of carbonyl (C=O) groups is 1. The van der Waals surface area contributed by atoms with E-state index in [2.05, 4.69) is 4.98 Å². The van der Waals surface area contributed by atoms with Gasteiger partial charge in [0.15, 0.2) is 0 Å². The number of benzene rings is 1. The van der Waals surface area contributed by atoms with Crippen molar-refractivity contribution < 1.29 is 4.79 Å². The molecule has 96 valence electrons. The van der Waals surface area contributed by atoms with Crippen LogP contribution in [0, 0.1) is 6.92 Å². The van der Waals surface area contributed by atoms with Gasteiger partial charge in [-0.25, -0.2) is 0 Å². The van der Waals surface area contributed by atoms with E-state index in [0.717, 1.165) is 41.9 Å². The lowest BCUT2D eigenvalue weighted by Gasteiger charge is -2.31. The molecule has 3 rings (SSSR count). The Bertz CT molecular complexity index is 603. The number of hydrogen-bond donors (Lipinski definition) is 0. The van der Waals surface area contributed by atoms with Crippen molar-refractivity contribution in [2.75, 3.05) is 13.1 Å². The van der Waals surface area contributed by atoms with Gasteiger partial charge in [-0.05, 0) is 30.5 Å². The first-order valence-electron chi connectivity index (χ1n) is 6.57. The molecule has 0 radical (unpaired) electrons. The van der Waals surface area contributed by atoms with Crippen molar-refractivity contribution in [2.24, 2.45) is 0 Å². The van der Waals surface area contributed by atoms with Crippen LogP contribution in [0.1, 0.15) is 22.5 Å².